The van der Waals surface area contributed by atoms with E-state index in [1.165, 1.54) is 12.7 Å². The van der Waals surface area contributed by atoms with Crippen LogP contribution < -0.4 is 5.73 Å². The molecule has 2 rings (SSSR count). The maximum atomic E-state index is 12.7. The third-order valence-electron chi connectivity index (χ3n) is 4.60. The van der Waals surface area contributed by atoms with Crippen molar-refractivity contribution in [2.75, 3.05) is 13.7 Å². The summed E-state index contributed by atoms with van der Waals surface area (Å²) in [6, 6.07) is 9.62. The number of nitrogens with two attached hydrogens (primary N) is 1. The molecule has 2 atom stereocenters. The number of hydrogen-bond donors (Lipinski definition) is 1. The Morgan fingerprint density at radius 1 is 1.33 bits per heavy atom. The van der Waals surface area contributed by atoms with Gasteiger partial charge in [0, 0.05) is 19.0 Å². The first-order chi connectivity index (χ1) is 11.4. The molecule has 0 unspecified atom stereocenters. The van der Waals surface area contributed by atoms with Gasteiger partial charge in [-0.2, -0.15) is 0 Å². The minimum Gasteiger partial charge on any atom is -0.468 e. The monoisotopic (exact) mass is 332 g/mol. The zero-order valence-corrected chi connectivity index (χ0v) is 14.2. The highest BCUT2D eigenvalue weighted by molar-refractivity contribution is 6.04. The number of methoxy groups -OCH3 is 1. The number of ether oxygens (including phenoxy) is 1. The molecule has 0 aromatic heterocycles. The van der Waals surface area contributed by atoms with Gasteiger partial charge in [-0.15, -0.1) is 0 Å². The number of benzene rings is 1. The standard InChI is InChI=1S/C18H24N2O4/c1-18(17(23)24-2)12-14(11-15(19)21)20(16(18)22)10-6-9-13-7-4-3-5-8-13/h3-5,7-8,14H,6,9-12H2,1-2H3,(H2,19,21)/t14-,18+/m1/s1. The molecule has 0 saturated carbocycles. The van der Waals surface area contributed by atoms with Crippen molar-refractivity contribution in [3.8, 4) is 0 Å². The quantitative estimate of drug-likeness (QED) is 0.601. The summed E-state index contributed by atoms with van der Waals surface area (Å²) >= 11 is 0. The molecule has 0 spiro atoms. The van der Waals surface area contributed by atoms with Gasteiger partial charge in [0.2, 0.25) is 11.8 Å². The fourth-order valence-electron chi connectivity index (χ4n) is 3.34. The molecule has 1 aliphatic rings. The highest BCUT2D eigenvalue weighted by Gasteiger charge is 2.54. The van der Waals surface area contributed by atoms with Gasteiger partial charge in [-0.1, -0.05) is 30.3 Å². The van der Waals surface area contributed by atoms with E-state index in [1.807, 2.05) is 30.3 Å². The minimum atomic E-state index is -1.23. The van der Waals surface area contributed by atoms with E-state index in [2.05, 4.69) is 0 Å². The van der Waals surface area contributed by atoms with Crippen LogP contribution in [-0.2, 0) is 25.5 Å². The van der Waals surface area contributed by atoms with Gasteiger partial charge in [0.25, 0.3) is 0 Å². The maximum absolute atomic E-state index is 12.7. The molecular weight excluding hydrogens is 308 g/mol. The zero-order valence-electron chi connectivity index (χ0n) is 14.2. The number of aryl methyl sites for hydroxylation is 1. The third kappa shape index (κ3) is 3.75. The number of carbonyl (C=O) groups is 3. The summed E-state index contributed by atoms with van der Waals surface area (Å²) in [6.45, 7) is 2.06. The van der Waals surface area contributed by atoms with Crippen LogP contribution in [0, 0.1) is 5.41 Å². The molecule has 0 bridgehead atoms. The Labute approximate surface area is 142 Å². The smallest absolute Gasteiger partial charge is 0.321 e. The first-order valence-electron chi connectivity index (χ1n) is 8.10. The lowest BCUT2D eigenvalue weighted by Gasteiger charge is -2.24. The molecule has 1 fully saturated rings. The van der Waals surface area contributed by atoms with Crippen LogP contribution in [0.5, 0.6) is 0 Å². The minimum absolute atomic E-state index is 0.0592. The van der Waals surface area contributed by atoms with Crippen molar-refractivity contribution in [1.82, 2.24) is 4.90 Å². The molecule has 0 aliphatic carbocycles. The molecule has 2 N–H and O–H groups in total. The summed E-state index contributed by atoms with van der Waals surface area (Å²) in [4.78, 5) is 37.7. The summed E-state index contributed by atoms with van der Waals surface area (Å²) in [5, 5.41) is 0. The summed E-state index contributed by atoms with van der Waals surface area (Å²) in [5.41, 5.74) is 5.26. The second-order valence-electron chi connectivity index (χ2n) is 6.44. The van der Waals surface area contributed by atoms with E-state index in [0.29, 0.717) is 6.54 Å². The van der Waals surface area contributed by atoms with Crippen LogP contribution in [0.1, 0.15) is 31.7 Å². The Balaban J connectivity index is 2.07. The van der Waals surface area contributed by atoms with Gasteiger partial charge in [0.1, 0.15) is 5.41 Å². The van der Waals surface area contributed by atoms with Crippen LogP contribution in [0.4, 0.5) is 0 Å². The number of amides is 2. The largest absolute Gasteiger partial charge is 0.468 e. The number of primary amides is 1. The van der Waals surface area contributed by atoms with E-state index in [4.69, 9.17) is 10.5 Å². The van der Waals surface area contributed by atoms with Crippen LogP contribution >= 0.6 is 0 Å². The lowest BCUT2D eigenvalue weighted by molar-refractivity contribution is -0.157. The number of carbonyl (C=O) groups excluding carboxylic acids is 3. The fraction of sp³-hybridized carbons (Fsp3) is 0.500. The first-order valence-corrected chi connectivity index (χ1v) is 8.10. The summed E-state index contributed by atoms with van der Waals surface area (Å²) in [6.07, 6.45) is 1.89. The van der Waals surface area contributed by atoms with Crippen molar-refractivity contribution in [1.29, 1.82) is 0 Å². The second kappa shape index (κ2) is 7.47. The Hall–Kier alpha value is -2.37. The van der Waals surface area contributed by atoms with Gasteiger partial charge in [0.05, 0.1) is 7.11 Å². The number of nitrogens with zero attached hydrogens (tertiary/aromatic N) is 1. The predicted molar refractivity (Wildman–Crippen MR) is 88.8 cm³/mol. The molecule has 1 aliphatic heterocycles. The lowest BCUT2D eigenvalue weighted by Crippen LogP contribution is -2.41. The Morgan fingerprint density at radius 3 is 2.58 bits per heavy atom. The van der Waals surface area contributed by atoms with E-state index >= 15 is 0 Å². The molecule has 2 amide bonds. The zero-order chi connectivity index (χ0) is 17.7. The molecule has 6 nitrogen and oxygen atoms in total. The number of likely N-dealkylation sites (tertiary alicyclic amines) is 1. The van der Waals surface area contributed by atoms with E-state index in [-0.39, 0.29) is 24.8 Å². The molecule has 130 valence electrons. The van der Waals surface area contributed by atoms with Gasteiger partial charge < -0.3 is 15.4 Å². The average Bonchev–Trinajstić information content (AvgIpc) is 2.79. The van der Waals surface area contributed by atoms with E-state index < -0.39 is 17.3 Å². The average molecular weight is 332 g/mol. The van der Waals surface area contributed by atoms with Gasteiger partial charge in [0.15, 0.2) is 0 Å². The van der Waals surface area contributed by atoms with Crippen molar-refractivity contribution in [3.05, 3.63) is 35.9 Å². The normalized spacial score (nSPS) is 23.3. The van der Waals surface area contributed by atoms with E-state index in [9.17, 15) is 14.4 Å². The van der Waals surface area contributed by atoms with Crippen molar-refractivity contribution in [2.24, 2.45) is 11.1 Å². The van der Waals surface area contributed by atoms with Crippen molar-refractivity contribution < 1.29 is 19.1 Å². The fourth-order valence-corrected chi connectivity index (χ4v) is 3.34. The topological polar surface area (TPSA) is 89.7 Å². The first kappa shape index (κ1) is 18.0. The highest BCUT2D eigenvalue weighted by Crippen LogP contribution is 2.38. The Kier molecular flexibility index (Phi) is 5.59. The van der Waals surface area contributed by atoms with Gasteiger partial charge in [-0.05, 0) is 31.7 Å². The molecule has 6 heteroatoms. The number of esters is 1. The molecular formula is C18H24N2O4. The number of rotatable bonds is 7. The molecule has 24 heavy (non-hydrogen) atoms. The Morgan fingerprint density at radius 2 is 2.00 bits per heavy atom. The van der Waals surface area contributed by atoms with Gasteiger partial charge in [-0.25, -0.2) is 0 Å². The molecule has 1 heterocycles. The van der Waals surface area contributed by atoms with Crippen LogP contribution in [0.3, 0.4) is 0 Å². The summed E-state index contributed by atoms with van der Waals surface area (Å²) < 4.78 is 4.78. The van der Waals surface area contributed by atoms with Crippen LogP contribution in [0.25, 0.3) is 0 Å². The molecule has 0 radical (unpaired) electrons. The predicted octanol–water partition coefficient (Wildman–Crippen LogP) is 1.27. The van der Waals surface area contributed by atoms with Crippen LogP contribution in [-0.4, -0.2) is 42.4 Å². The van der Waals surface area contributed by atoms with Gasteiger partial charge in [-0.3, -0.25) is 14.4 Å². The van der Waals surface area contributed by atoms with Gasteiger partial charge >= 0.3 is 5.97 Å². The van der Waals surface area contributed by atoms with Crippen molar-refractivity contribution >= 4 is 17.8 Å². The van der Waals surface area contributed by atoms with Crippen LogP contribution in [0.15, 0.2) is 30.3 Å². The molecule has 1 aromatic rings. The second-order valence-corrected chi connectivity index (χ2v) is 6.44. The SMILES string of the molecule is COC(=O)[C@@]1(C)C[C@@H](CC(N)=O)N(CCCc2ccccc2)C1=O. The number of hydrogen-bond acceptors (Lipinski definition) is 4. The van der Waals surface area contributed by atoms with Crippen LogP contribution in [0.2, 0.25) is 0 Å². The molecule has 1 saturated heterocycles. The van der Waals surface area contributed by atoms with Crippen molar-refractivity contribution in [3.63, 3.8) is 0 Å². The van der Waals surface area contributed by atoms with E-state index in [1.54, 1.807) is 11.8 Å². The summed E-state index contributed by atoms with van der Waals surface area (Å²) in [7, 11) is 1.27. The van der Waals surface area contributed by atoms with E-state index in [0.717, 1.165) is 12.8 Å². The third-order valence-corrected chi connectivity index (χ3v) is 4.60. The molecule has 1 aromatic carbocycles. The Bertz CT molecular complexity index is 617. The summed E-state index contributed by atoms with van der Waals surface area (Å²) in [5.74, 6) is -1.32. The maximum Gasteiger partial charge on any atom is 0.321 e. The van der Waals surface area contributed by atoms with Crippen molar-refractivity contribution in [2.45, 2.75) is 38.6 Å². The lowest BCUT2D eigenvalue weighted by atomic mass is 9.86. The highest BCUT2D eigenvalue weighted by atomic mass is 16.5.